The fourth-order valence-electron chi connectivity index (χ4n) is 2.23. The van der Waals surface area contributed by atoms with Crippen molar-refractivity contribution in [1.82, 2.24) is 9.78 Å². The molecule has 2 N–H and O–H groups in total. The summed E-state index contributed by atoms with van der Waals surface area (Å²) in [5, 5.41) is 12.1. The number of nitrogen functional groups attached to an aromatic ring is 1. The molecule has 0 saturated carbocycles. The first-order valence-electron chi connectivity index (χ1n) is 7.67. The van der Waals surface area contributed by atoms with Crippen LogP contribution in [0.5, 0.6) is 0 Å². The van der Waals surface area contributed by atoms with Crippen LogP contribution in [-0.2, 0) is 19.8 Å². The van der Waals surface area contributed by atoms with Crippen LogP contribution in [0.25, 0.3) is 0 Å². The summed E-state index contributed by atoms with van der Waals surface area (Å²) < 4.78 is 41.1. The van der Waals surface area contributed by atoms with Crippen LogP contribution in [0, 0.1) is 0 Å². The first-order chi connectivity index (χ1) is 12.3. The standard InChI is InChI=1S/C17H16F3N6.ClH/c1-25-8-6-12(7-9-25)11-26-16(21)15(10-22-26)24-23-14-4-2-13(3-5-14)17(18,19)20;/h2-10H,11,21H2,1H3;1H/q+1;/p-1/b24-23+;. The molecule has 0 unspecified atom stereocenters. The van der Waals surface area contributed by atoms with Gasteiger partial charge in [-0.2, -0.15) is 23.4 Å². The minimum absolute atomic E-state index is 0. The number of rotatable bonds is 4. The third-order valence-corrected chi connectivity index (χ3v) is 3.71. The van der Waals surface area contributed by atoms with Crippen molar-refractivity contribution in [2.24, 2.45) is 17.3 Å². The molecule has 0 amide bonds. The van der Waals surface area contributed by atoms with E-state index < -0.39 is 11.7 Å². The Morgan fingerprint density at radius 3 is 2.30 bits per heavy atom. The second-order valence-corrected chi connectivity index (χ2v) is 5.69. The van der Waals surface area contributed by atoms with Crippen molar-refractivity contribution in [2.45, 2.75) is 12.7 Å². The Bertz CT molecular complexity index is 917. The van der Waals surface area contributed by atoms with Crippen LogP contribution < -0.4 is 22.7 Å². The van der Waals surface area contributed by atoms with Gasteiger partial charge < -0.3 is 18.1 Å². The van der Waals surface area contributed by atoms with Crippen LogP contribution in [0.15, 0.2) is 65.2 Å². The van der Waals surface area contributed by atoms with Gasteiger partial charge in [-0.15, -0.1) is 5.11 Å². The van der Waals surface area contributed by atoms with Gasteiger partial charge in [0.1, 0.15) is 18.6 Å². The van der Waals surface area contributed by atoms with Gasteiger partial charge in [0.2, 0.25) is 0 Å². The zero-order valence-corrected chi connectivity index (χ0v) is 15.0. The van der Waals surface area contributed by atoms with Gasteiger partial charge in [0.25, 0.3) is 0 Å². The van der Waals surface area contributed by atoms with Crippen molar-refractivity contribution in [3.8, 4) is 0 Å². The van der Waals surface area contributed by atoms with Crippen molar-refractivity contribution in [3.05, 3.63) is 66.1 Å². The second-order valence-electron chi connectivity index (χ2n) is 5.69. The number of benzene rings is 1. The van der Waals surface area contributed by atoms with E-state index in [0.29, 0.717) is 23.7 Å². The van der Waals surface area contributed by atoms with Gasteiger partial charge in [-0.3, -0.25) is 0 Å². The zero-order valence-electron chi connectivity index (χ0n) is 14.2. The zero-order chi connectivity index (χ0) is 18.7. The highest BCUT2D eigenvalue weighted by Crippen LogP contribution is 2.31. The van der Waals surface area contributed by atoms with Gasteiger partial charge in [-0.25, -0.2) is 9.25 Å². The minimum Gasteiger partial charge on any atom is -1.00 e. The van der Waals surface area contributed by atoms with Crippen molar-refractivity contribution < 1.29 is 30.1 Å². The van der Waals surface area contributed by atoms with E-state index in [1.165, 1.54) is 18.3 Å². The second kappa shape index (κ2) is 8.17. The monoisotopic (exact) mass is 396 g/mol. The largest absolute Gasteiger partial charge is 1.00 e. The van der Waals surface area contributed by atoms with E-state index in [-0.39, 0.29) is 12.4 Å². The van der Waals surface area contributed by atoms with E-state index in [0.717, 1.165) is 17.7 Å². The maximum Gasteiger partial charge on any atom is 0.416 e. The molecule has 27 heavy (non-hydrogen) atoms. The molecule has 2 heterocycles. The van der Waals surface area contributed by atoms with E-state index >= 15 is 0 Å². The van der Waals surface area contributed by atoms with Gasteiger partial charge in [0, 0.05) is 12.1 Å². The minimum atomic E-state index is -4.38. The SMILES string of the molecule is C[n+]1ccc(Cn2ncc(/N=N/c3ccc(C(F)(F)F)cc3)c2N)cc1.[Cl-]. The fourth-order valence-corrected chi connectivity index (χ4v) is 2.23. The molecule has 0 spiro atoms. The summed E-state index contributed by atoms with van der Waals surface area (Å²) >= 11 is 0. The molecule has 6 nitrogen and oxygen atoms in total. The van der Waals surface area contributed by atoms with Gasteiger partial charge in [0.15, 0.2) is 12.4 Å². The number of azo groups is 1. The van der Waals surface area contributed by atoms with Crippen LogP contribution in [0.3, 0.4) is 0 Å². The molecule has 0 bridgehead atoms. The smallest absolute Gasteiger partial charge is 0.416 e. The Balaban J connectivity index is 0.00000261. The van der Waals surface area contributed by atoms with Gasteiger partial charge in [0.05, 0.1) is 24.0 Å². The van der Waals surface area contributed by atoms with E-state index in [1.54, 1.807) is 4.68 Å². The number of nitrogens with two attached hydrogens (primary N) is 1. The van der Waals surface area contributed by atoms with E-state index in [4.69, 9.17) is 5.73 Å². The Hall–Kier alpha value is -2.94. The lowest BCUT2D eigenvalue weighted by molar-refractivity contribution is -0.671. The van der Waals surface area contributed by atoms with E-state index in [2.05, 4.69) is 15.3 Å². The first-order valence-corrected chi connectivity index (χ1v) is 7.67. The summed E-state index contributed by atoms with van der Waals surface area (Å²) in [6.45, 7) is 0.475. The van der Waals surface area contributed by atoms with Crippen molar-refractivity contribution in [3.63, 3.8) is 0 Å². The Morgan fingerprint density at radius 2 is 1.70 bits per heavy atom. The summed E-state index contributed by atoms with van der Waals surface area (Å²) in [6, 6.07) is 8.30. The van der Waals surface area contributed by atoms with Crippen LogP contribution >= 0.6 is 0 Å². The summed E-state index contributed by atoms with van der Waals surface area (Å²) in [5.74, 6) is 0.328. The van der Waals surface area contributed by atoms with Crippen LogP contribution in [0.4, 0.5) is 30.4 Å². The highest BCUT2D eigenvalue weighted by Gasteiger charge is 2.29. The van der Waals surface area contributed by atoms with E-state index in [1.807, 2.05) is 36.1 Å². The Labute approximate surface area is 159 Å². The molecule has 10 heteroatoms. The number of nitrogens with zero attached hydrogens (tertiary/aromatic N) is 5. The summed E-state index contributed by atoms with van der Waals surface area (Å²) in [5.41, 5.74) is 6.95. The number of hydrogen-bond donors (Lipinski definition) is 1. The van der Waals surface area contributed by atoms with Crippen molar-refractivity contribution >= 4 is 17.2 Å². The lowest BCUT2D eigenvalue weighted by atomic mass is 10.2. The normalized spacial score (nSPS) is 11.6. The molecule has 0 aliphatic rings. The highest BCUT2D eigenvalue weighted by atomic mass is 35.5. The maximum atomic E-state index is 12.5. The Morgan fingerprint density at radius 1 is 1.07 bits per heavy atom. The average Bonchev–Trinajstić information content (AvgIpc) is 2.95. The molecule has 0 aliphatic heterocycles. The van der Waals surface area contributed by atoms with E-state index in [9.17, 15) is 13.2 Å². The summed E-state index contributed by atoms with van der Waals surface area (Å²) in [6.07, 6.45) is 0.919. The molecular weight excluding hydrogens is 381 g/mol. The predicted molar refractivity (Wildman–Crippen MR) is 89.0 cm³/mol. The van der Waals surface area contributed by atoms with Crippen LogP contribution in [-0.4, -0.2) is 9.78 Å². The average molecular weight is 397 g/mol. The summed E-state index contributed by atoms with van der Waals surface area (Å²) in [7, 11) is 1.92. The van der Waals surface area contributed by atoms with Crippen molar-refractivity contribution in [1.29, 1.82) is 0 Å². The topological polar surface area (TPSA) is 72.4 Å². The van der Waals surface area contributed by atoms with Crippen molar-refractivity contribution in [2.75, 3.05) is 5.73 Å². The van der Waals surface area contributed by atoms with Crippen LogP contribution in [0.2, 0.25) is 0 Å². The molecule has 0 atom stereocenters. The first kappa shape index (κ1) is 20.4. The molecule has 3 rings (SSSR count). The lowest BCUT2D eigenvalue weighted by Crippen LogP contribution is -3.00. The summed E-state index contributed by atoms with van der Waals surface area (Å²) in [4.78, 5) is 0. The molecule has 0 saturated heterocycles. The molecule has 0 radical (unpaired) electrons. The quantitative estimate of drug-likeness (QED) is 0.523. The lowest BCUT2D eigenvalue weighted by Gasteiger charge is -2.05. The van der Waals surface area contributed by atoms with Gasteiger partial charge in [-0.05, 0) is 29.8 Å². The Kier molecular flexibility index (Phi) is 6.17. The third kappa shape index (κ3) is 5.04. The number of aromatic nitrogens is 3. The molecule has 3 aromatic rings. The molecule has 1 aromatic carbocycles. The number of anilines is 1. The molecule has 0 aliphatic carbocycles. The molecular formula is C17H16ClF3N6. The number of hydrogen-bond acceptors (Lipinski definition) is 4. The maximum absolute atomic E-state index is 12.5. The number of alkyl halides is 3. The van der Waals surface area contributed by atoms with Gasteiger partial charge >= 0.3 is 6.18 Å². The molecule has 142 valence electrons. The highest BCUT2D eigenvalue weighted by molar-refractivity contribution is 5.56. The van der Waals surface area contributed by atoms with Gasteiger partial charge in [-0.1, -0.05) is 0 Å². The number of aryl methyl sites for hydroxylation is 1. The predicted octanol–water partition coefficient (Wildman–Crippen LogP) is 0.776. The number of pyridine rings is 1. The van der Waals surface area contributed by atoms with Crippen LogP contribution in [0.1, 0.15) is 11.1 Å². The number of halogens is 4. The third-order valence-electron chi connectivity index (χ3n) is 3.71. The molecule has 0 fully saturated rings. The fraction of sp³-hybridized carbons (Fsp3) is 0.176. The molecule has 2 aromatic heterocycles.